The van der Waals surface area contributed by atoms with Crippen molar-refractivity contribution in [2.45, 2.75) is 6.54 Å². The molecule has 2 aromatic rings. The van der Waals surface area contributed by atoms with Gasteiger partial charge in [0, 0.05) is 17.1 Å². The lowest BCUT2D eigenvalue weighted by Gasteiger charge is -2.10. The summed E-state index contributed by atoms with van der Waals surface area (Å²) in [7, 11) is 0. The van der Waals surface area contributed by atoms with Crippen molar-refractivity contribution in [2.24, 2.45) is 5.73 Å². The van der Waals surface area contributed by atoms with Crippen LogP contribution < -0.4 is 10.5 Å². The highest BCUT2D eigenvalue weighted by atomic mass is 35.5. The zero-order valence-corrected chi connectivity index (χ0v) is 10.2. The lowest BCUT2D eigenvalue weighted by molar-refractivity contribution is 0.456. The third-order valence-electron chi connectivity index (χ3n) is 2.12. The molecule has 0 aliphatic heterocycles. The number of hydrogen-bond donors (Lipinski definition) is 1. The largest absolute Gasteiger partial charge is 0.437 e. The number of benzene rings is 1. The minimum Gasteiger partial charge on any atom is -0.437 e. The van der Waals surface area contributed by atoms with Crippen molar-refractivity contribution in [3.05, 3.63) is 46.3 Å². The van der Waals surface area contributed by atoms with Crippen LogP contribution in [0.1, 0.15) is 5.56 Å². The second-order valence-electron chi connectivity index (χ2n) is 3.20. The van der Waals surface area contributed by atoms with Gasteiger partial charge < -0.3 is 10.5 Å². The van der Waals surface area contributed by atoms with Crippen molar-refractivity contribution >= 4 is 23.2 Å². The van der Waals surface area contributed by atoms with Gasteiger partial charge in [0.2, 0.25) is 5.88 Å². The molecular formula is C11H9Cl2N3O. The van der Waals surface area contributed by atoms with Crippen LogP contribution in [0.4, 0.5) is 0 Å². The van der Waals surface area contributed by atoms with Crippen molar-refractivity contribution in [3.8, 4) is 11.6 Å². The lowest BCUT2D eigenvalue weighted by Crippen LogP contribution is -2.01. The zero-order chi connectivity index (χ0) is 12.3. The molecule has 0 aliphatic carbocycles. The van der Waals surface area contributed by atoms with Crippen LogP contribution in [-0.2, 0) is 6.54 Å². The SMILES string of the molecule is NCc1c(Cl)cccc1Oc1ncncc1Cl. The Kier molecular flexibility index (Phi) is 3.78. The monoisotopic (exact) mass is 269 g/mol. The number of nitrogens with zero attached hydrogens (tertiary/aromatic N) is 2. The molecule has 2 rings (SSSR count). The van der Waals surface area contributed by atoms with Crippen LogP contribution in [0.3, 0.4) is 0 Å². The molecule has 4 nitrogen and oxygen atoms in total. The third kappa shape index (κ3) is 2.66. The predicted octanol–water partition coefficient (Wildman–Crippen LogP) is 3.03. The van der Waals surface area contributed by atoms with Crippen LogP contribution >= 0.6 is 23.2 Å². The van der Waals surface area contributed by atoms with E-state index in [-0.39, 0.29) is 12.4 Å². The zero-order valence-electron chi connectivity index (χ0n) is 8.73. The van der Waals surface area contributed by atoms with Gasteiger partial charge in [0.05, 0.1) is 6.20 Å². The van der Waals surface area contributed by atoms with Gasteiger partial charge in [0.1, 0.15) is 17.1 Å². The molecule has 0 aliphatic rings. The van der Waals surface area contributed by atoms with Gasteiger partial charge >= 0.3 is 0 Å². The molecule has 0 unspecified atom stereocenters. The van der Waals surface area contributed by atoms with Crippen LogP contribution in [-0.4, -0.2) is 9.97 Å². The van der Waals surface area contributed by atoms with Gasteiger partial charge in [0.15, 0.2) is 0 Å². The quantitative estimate of drug-likeness (QED) is 0.931. The van der Waals surface area contributed by atoms with Crippen molar-refractivity contribution in [3.63, 3.8) is 0 Å². The van der Waals surface area contributed by atoms with Gasteiger partial charge in [-0.15, -0.1) is 0 Å². The number of hydrogen-bond acceptors (Lipinski definition) is 4. The number of aromatic nitrogens is 2. The normalized spacial score (nSPS) is 10.3. The summed E-state index contributed by atoms with van der Waals surface area (Å²) in [6, 6.07) is 5.27. The molecule has 0 amide bonds. The summed E-state index contributed by atoms with van der Waals surface area (Å²) in [6.45, 7) is 0.276. The summed E-state index contributed by atoms with van der Waals surface area (Å²) in [4.78, 5) is 7.70. The minimum atomic E-state index is 0.276. The highest BCUT2D eigenvalue weighted by molar-refractivity contribution is 6.32. The number of nitrogens with two attached hydrogens (primary N) is 1. The molecule has 0 bridgehead atoms. The molecular weight excluding hydrogens is 261 g/mol. The Labute approximate surface area is 108 Å². The molecule has 2 N–H and O–H groups in total. The maximum atomic E-state index is 6.01. The Balaban J connectivity index is 2.37. The first kappa shape index (κ1) is 12.1. The van der Waals surface area contributed by atoms with Crippen molar-refractivity contribution < 1.29 is 4.74 Å². The first-order chi connectivity index (χ1) is 8.22. The highest BCUT2D eigenvalue weighted by Crippen LogP contribution is 2.31. The fraction of sp³-hybridized carbons (Fsp3) is 0.0909. The second-order valence-corrected chi connectivity index (χ2v) is 4.01. The Morgan fingerprint density at radius 3 is 2.76 bits per heavy atom. The van der Waals surface area contributed by atoms with E-state index < -0.39 is 0 Å². The van der Waals surface area contributed by atoms with E-state index in [2.05, 4.69) is 9.97 Å². The second kappa shape index (κ2) is 5.31. The summed E-state index contributed by atoms with van der Waals surface area (Å²) < 4.78 is 5.56. The molecule has 0 saturated heterocycles. The van der Waals surface area contributed by atoms with Crippen LogP contribution in [0.25, 0.3) is 0 Å². The average molecular weight is 270 g/mol. The van der Waals surface area contributed by atoms with Gasteiger partial charge in [0.25, 0.3) is 0 Å². The Bertz CT molecular complexity index is 534. The van der Waals surface area contributed by atoms with Gasteiger partial charge in [-0.1, -0.05) is 29.3 Å². The summed E-state index contributed by atoms with van der Waals surface area (Å²) in [5.74, 6) is 0.819. The average Bonchev–Trinajstić information content (AvgIpc) is 2.32. The van der Waals surface area contributed by atoms with Crippen LogP contribution in [0, 0.1) is 0 Å². The smallest absolute Gasteiger partial charge is 0.241 e. The Morgan fingerprint density at radius 1 is 1.24 bits per heavy atom. The molecule has 0 saturated carbocycles. The van der Waals surface area contributed by atoms with E-state index >= 15 is 0 Å². The van der Waals surface area contributed by atoms with E-state index in [0.29, 0.717) is 21.4 Å². The first-order valence-corrected chi connectivity index (χ1v) is 5.58. The molecule has 0 fully saturated rings. The van der Waals surface area contributed by atoms with Crippen LogP contribution in [0.15, 0.2) is 30.7 Å². The molecule has 0 atom stereocenters. The summed E-state index contributed by atoms with van der Waals surface area (Å²) >= 11 is 11.9. The van der Waals surface area contributed by atoms with Gasteiger partial charge in [-0.05, 0) is 12.1 Å². The van der Waals surface area contributed by atoms with Gasteiger partial charge in [-0.25, -0.2) is 9.97 Å². The molecule has 1 heterocycles. The van der Waals surface area contributed by atoms with Gasteiger partial charge in [-0.3, -0.25) is 0 Å². The number of ether oxygens (including phenoxy) is 1. The fourth-order valence-electron chi connectivity index (χ4n) is 1.31. The topological polar surface area (TPSA) is 61.0 Å². The first-order valence-electron chi connectivity index (χ1n) is 4.83. The summed E-state index contributed by atoms with van der Waals surface area (Å²) in [5, 5.41) is 0.880. The molecule has 17 heavy (non-hydrogen) atoms. The molecule has 1 aromatic heterocycles. The third-order valence-corrected chi connectivity index (χ3v) is 2.73. The molecule has 1 aromatic carbocycles. The maximum Gasteiger partial charge on any atom is 0.241 e. The van der Waals surface area contributed by atoms with E-state index in [1.54, 1.807) is 18.2 Å². The van der Waals surface area contributed by atoms with Crippen LogP contribution in [0.2, 0.25) is 10.0 Å². The molecule has 0 radical (unpaired) electrons. The number of halogens is 2. The minimum absolute atomic E-state index is 0.276. The van der Waals surface area contributed by atoms with Crippen molar-refractivity contribution in [2.75, 3.05) is 0 Å². The van der Waals surface area contributed by atoms with E-state index in [4.69, 9.17) is 33.7 Å². The Morgan fingerprint density at radius 2 is 2.06 bits per heavy atom. The van der Waals surface area contributed by atoms with E-state index in [9.17, 15) is 0 Å². The molecule has 0 spiro atoms. The van der Waals surface area contributed by atoms with E-state index in [1.807, 2.05) is 0 Å². The van der Waals surface area contributed by atoms with Crippen molar-refractivity contribution in [1.29, 1.82) is 0 Å². The number of rotatable bonds is 3. The van der Waals surface area contributed by atoms with Crippen molar-refractivity contribution in [1.82, 2.24) is 9.97 Å². The summed E-state index contributed by atoms with van der Waals surface area (Å²) in [5.41, 5.74) is 6.32. The standard InChI is InChI=1S/C11H9Cl2N3O/c12-8-2-1-3-10(7(8)4-14)17-11-9(13)5-15-6-16-11/h1-3,5-6H,4,14H2. The van der Waals surface area contributed by atoms with Gasteiger partial charge in [-0.2, -0.15) is 0 Å². The fourth-order valence-corrected chi connectivity index (χ4v) is 1.70. The Hall–Kier alpha value is -1.36. The molecule has 6 heteroatoms. The lowest BCUT2D eigenvalue weighted by atomic mass is 10.2. The predicted molar refractivity (Wildman–Crippen MR) is 66.5 cm³/mol. The maximum absolute atomic E-state index is 6.01. The highest BCUT2D eigenvalue weighted by Gasteiger charge is 2.10. The molecule has 88 valence electrons. The van der Waals surface area contributed by atoms with E-state index in [0.717, 1.165) is 0 Å². The van der Waals surface area contributed by atoms with E-state index in [1.165, 1.54) is 12.5 Å². The van der Waals surface area contributed by atoms with Crippen LogP contribution in [0.5, 0.6) is 11.6 Å². The summed E-state index contributed by atoms with van der Waals surface area (Å²) in [6.07, 6.45) is 2.81.